The molecule has 0 aromatic carbocycles. The molecule has 0 aromatic heterocycles. The second-order valence-electron chi connectivity index (χ2n) is 4.43. The van der Waals surface area contributed by atoms with Gasteiger partial charge < -0.3 is 10.6 Å². The highest BCUT2D eigenvalue weighted by molar-refractivity contribution is 5.76. The van der Waals surface area contributed by atoms with E-state index in [1.807, 2.05) is 20.9 Å². The van der Waals surface area contributed by atoms with E-state index in [4.69, 9.17) is 5.73 Å². The van der Waals surface area contributed by atoms with Crippen LogP contribution in [0.2, 0.25) is 0 Å². The van der Waals surface area contributed by atoms with Crippen molar-refractivity contribution in [3.63, 3.8) is 0 Å². The topological polar surface area (TPSA) is 46.3 Å². The van der Waals surface area contributed by atoms with Crippen molar-refractivity contribution >= 4 is 5.91 Å². The fourth-order valence-electron chi connectivity index (χ4n) is 1.17. The van der Waals surface area contributed by atoms with E-state index in [1.165, 1.54) is 0 Å². The molecule has 0 aliphatic heterocycles. The first kappa shape index (κ1) is 13.4. The maximum Gasteiger partial charge on any atom is 0.222 e. The van der Waals surface area contributed by atoms with E-state index in [1.54, 1.807) is 4.90 Å². The van der Waals surface area contributed by atoms with E-state index in [0.717, 1.165) is 19.3 Å². The van der Waals surface area contributed by atoms with Gasteiger partial charge in [0.05, 0.1) is 0 Å². The quantitative estimate of drug-likeness (QED) is 0.664. The molecule has 0 rings (SSSR count). The number of amides is 1. The third-order valence-electron chi connectivity index (χ3n) is 2.78. The van der Waals surface area contributed by atoms with Crippen LogP contribution >= 0.6 is 0 Å². The SMILES string of the molecule is CCCCCC(=O)N(C)C(C)(C)CN. The predicted molar refractivity (Wildman–Crippen MR) is 60.0 cm³/mol. The Bertz CT molecular complexity index is 178. The van der Waals surface area contributed by atoms with Crippen LogP contribution in [-0.4, -0.2) is 29.9 Å². The van der Waals surface area contributed by atoms with E-state index in [9.17, 15) is 4.79 Å². The Morgan fingerprint density at radius 1 is 1.36 bits per heavy atom. The summed E-state index contributed by atoms with van der Waals surface area (Å²) in [6.45, 7) is 6.62. The van der Waals surface area contributed by atoms with Gasteiger partial charge >= 0.3 is 0 Å². The smallest absolute Gasteiger partial charge is 0.222 e. The van der Waals surface area contributed by atoms with Gasteiger partial charge in [-0.1, -0.05) is 19.8 Å². The Morgan fingerprint density at radius 3 is 2.36 bits per heavy atom. The standard InChI is InChI=1S/C11H24N2O/c1-5-6-7-8-10(14)13(4)11(2,3)9-12/h5-9,12H2,1-4H3. The van der Waals surface area contributed by atoms with Gasteiger partial charge in [0.15, 0.2) is 0 Å². The lowest BCUT2D eigenvalue weighted by Gasteiger charge is -2.34. The molecule has 1 amide bonds. The Morgan fingerprint density at radius 2 is 1.93 bits per heavy atom. The van der Waals surface area contributed by atoms with Crippen LogP contribution in [0.4, 0.5) is 0 Å². The van der Waals surface area contributed by atoms with Crippen LogP contribution in [0.15, 0.2) is 0 Å². The number of rotatable bonds is 6. The summed E-state index contributed by atoms with van der Waals surface area (Å²) < 4.78 is 0. The molecule has 3 heteroatoms. The molecule has 0 aliphatic rings. The van der Waals surface area contributed by atoms with Crippen LogP contribution in [0.5, 0.6) is 0 Å². The highest BCUT2D eigenvalue weighted by atomic mass is 16.2. The summed E-state index contributed by atoms with van der Waals surface area (Å²) in [6.07, 6.45) is 3.91. The zero-order valence-electron chi connectivity index (χ0n) is 9.97. The molecule has 3 nitrogen and oxygen atoms in total. The van der Waals surface area contributed by atoms with Gasteiger partial charge in [-0.3, -0.25) is 4.79 Å². The molecular weight excluding hydrogens is 176 g/mol. The molecule has 0 bridgehead atoms. The van der Waals surface area contributed by atoms with Crippen LogP contribution < -0.4 is 5.73 Å². The van der Waals surface area contributed by atoms with E-state index in [0.29, 0.717) is 13.0 Å². The average molecular weight is 200 g/mol. The van der Waals surface area contributed by atoms with Gasteiger partial charge in [-0.15, -0.1) is 0 Å². The molecular formula is C11H24N2O. The molecule has 0 saturated carbocycles. The van der Waals surface area contributed by atoms with Gasteiger partial charge in [0, 0.05) is 25.6 Å². The van der Waals surface area contributed by atoms with Gasteiger partial charge in [-0.05, 0) is 20.3 Å². The van der Waals surface area contributed by atoms with Gasteiger partial charge in [0.25, 0.3) is 0 Å². The molecule has 0 spiro atoms. The van der Waals surface area contributed by atoms with E-state index < -0.39 is 0 Å². The van der Waals surface area contributed by atoms with Crippen LogP contribution in [0.3, 0.4) is 0 Å². The second-order valence-corrected chi connectivity index (χ2v) is 4.43. The molecule has 0 unspecified atom stereocenters. The molecule has 84 valence electrons. The lowest BCUT2D eigenvalue weighted by molar-refractivity contribution is -0.134. The van der Waals surface area contributed by atoms with Crippen molar-refractivity contribution in [3.8, 4) is 0 Å². The molecule has 0 saturated heterocycles. The normalized spacial score (nSPS) is 11.5. The minimum Gasteiger partial charge on any atom is -0.339 e. The predicted octanol–water partition coefficient (Wildman–Crippen LogP) is 1.76. The summed E-state index contributed by atoms with van der Waals surface area (Å²) in [5.74, 6) is 0.203. The monoisotopic (exact) mass is 200 g/mol. The average Bonchev–Trinajstić information content (AvgIpc) is 2.17. The fourth-order valence-corrected chi connectivity index (χ4v) is 1.17. The number of likely N-dealkylation sites (N-methyl/N-ethyl adjacent to an activating group) is 1. The van der Waals surface area contributed by atoms with Crippen LogP contribution in [0.1, 0.15) is 46.5 Å². The summed E-state index contributed by atoms with van der Waals surface area (Å²) in [5, 5.41) is 0. The summed E-state index contributed by atoms with van der Waals surface area (Å²) in [7, 11) is 1.83. The summed E-state index contributed by atoms with van der Waals surface area (Å²) >= 11 is 0. The van der Waals surface area contributed by atoms with Gasteiger partial charge in [-0.25, -0.2) is 0 Å². The number of carbonyl (C=O) groups is 1. The first-order valence-electron chi connectivity index (χ1n) is 5.42. The van der Waals surface area contributed by atoms with Crippen LogP contribution in [0.25, 0.3) is 0 Å². The minimum absolute atomic E-state index is 0.203. The van der Waals surface area contributed by atoms with E-state index in [2.05, 4.69) is 6.92 Å². The Labute approximate surface area is 87.6 Å². The number of nitrogens with zero attached hydrogens (tertiary/aromatic N) is 1. The minimum atomic E-state index is -0.219. The highest BCUT2D eigenvalue weighted by Gasteiger charge is 2.25. The van der Waals surface area contributed by atoms with Crippen LogP contribution in [-0.2, 0) is 4.79 Å². The number of nitrogens with two attached hydrogens (primary N) is 1. The summed E-state index contributed by atoms with van der Waals surface area (Å²) in [6, 6.07) is 0. The lowest BCUT2D eigenvalue weighted by Crippen LogP contribution is -2.49. The van der Waals surface area contributed by atoms with Gasteiger partial charge in [-0.2, -0.15) is 0 Å². The lowest BCUT2D eigenvalue weighted by atomic mass is 10.0. The summed E-state index contributed by atoms with van der Waals surface area (Å²) in [4.78, 5) is 13.5. The number of hydrogen-bond donors (Lipinski definition) is 1. The zero-order valence-corrected chi connectivity index (χ0v) is 9.97. The zero-order chi connectivity index (χ0) is 11.2. The maximum atomic E-state index is 11.7. The van der Waals surface area contributed by atoms with Gasteiger partial charge in [0.1, 0.15) is 0 Å². The molecule has 0 atom stereocenters. The van der Waals surface area contributed by atoms with Crippen molar-refractivity contribution in [3.05, 3.63) is 0 Å². The first-order valence-corrected chi connectivity index (χ1v) is 5.42. The molecule has 2 N–H and O–H groups in total. The number of carbonyl (C=O) groups excluding carboxylic acids is 1. The maximum absolute atomic E-state index is 11.7. The number of unbranched alkanes of at least 4 members (excludes halogenated alkanes) is 2. The van der Waals surface area contributed by atoms with Crippen molar-refractivity contribution in [2.45, 2.75) is 52.0 Å². The fraction of sp³-hybridized carbons (Fsp3) is 0.909. The van der Waals surface area contributed by atoms with E-state index >= 15 is 0 Å². The van der Waals surface area contributed by atoms with Crippen molar-refractivity contribution in [1.82, 2.24) is 4.90 Å². The largest absolute Gasteiger partial charge is 0.339 e. The molecule has 0 heterocycles. The van der Waals surface area contributed by atoms with Gasteiger partial charge in [0.2, 0.25) is 5.91 Å². The third-order valence-corrected chi connectivity index (χ3v) is 2.78. The summed E-state index contributed by atoms with van der Waals surface area (Å²) in [5.41, 5.74) is 5.39. The Kier molecular flexibility index (Phi) is 5.77. The highest BCUT2D eigenvalue weighted by Crippen LogP contribution is 2.13. The molecule has 0 fully saturated rings. The van der Waals surface area contributed by atoms with Crippen molar-refractivity contribution in [2.75, 3.05) is 13.6 Å². The second kappa shape index (κ2) is 6.02. The first-order chi connectivity index (χ1) is 6.45. The molecule has 0 aromatic rings. The molecule has 0 aliphatic carbocycles. The van der Waals surface area contributed by atoms with Crippen molar-refractivity contribution in [1.29, 1.82) is 0 Å². The Balaban J connectivity index is 3.99. The van der Waals surface area contributed by atoms with Crippen molar-refractivity contribution < 1.29 is 4.79 Å². The number of hydrogen-bond acceptors (Lipinski definition) is 2. The molecule has 14 heavy (non-hydrogen) atoms. The van der Waals surface area contributed by atoms with E-state index in [-0.39, 0.29) is 11.4 Å². The Hall–Kier alpha value is -0.570. The third kappa shape index (κ3) is 4.09. The molecule has 0 radical (unpaired) electrons. The van der Waals surface area contributed by atoms with Crippen LogP contribution in [0, 0.1) is 0 Å². The van der Waals surface area contributed by atoms with Crippen molar-refractivity contribution in [2.24, 2.45) is 5.73 Å².